The SMILES string of the molecule is CC1(C)CN(C(=O)N2CCC[C@H]2C(=O)O)CCS1. The van der Waals surface area contributed by atoms with Crippen molar-refractivity contribution in [1.29, 1.82) is 0 Å². The molecular weight excluding hydrogens is 252 g/mol. The van der Waals surface area contributed by atoms with Crippen LogP contribution in [0.15, 0.2) is 0 Å². The first-order valence-electron chi connectivity index (χ1n) is 6.33. The Labute approximate surface area is 112 Å². The van der Waals surface area contributed by atoms with Gasteiger partial charge in [-0.15, -0.1) is 0 Å². The molecule has 2 fully saturated rings. The number of nitrogens with zero attached hydrogens (tertiary/aromatic N) is 2. The molecule has 0 radical (unpaired) electrons. The molecule has 2 aliphatic heterocycles. The molecule has 18 heavy (non-hydrogen) atoms. The third-order valence-electron chi connectivity index (χ3n) is 3.48. The third kappa shape index (κ3) is 2.74. The van der Waals surface area contributed by atoms with Crippen molar-refractivity contribution in [3.8, 4) is 0 Å². The zero-order valence-electron chi connectivity index (χ0n) is 10.9. The Morgan fingerprint density at radius 2 is 2.06 bits per heavy atom. The van der Waals surface area contributed by atoms with Crippen molar-refractivity contribution < 1.29 is 14.7 Å². The van der Waals surface area contributed by atoms with E-state index in [0.29, 0.717) is 19.5 Å². The normalized spacial score (nSPS) is 27.3. The minimum atomic E-state index is -0.883. The van der Waals surface area contributed by atoms with Crippen LogP contribution >= 0.6 is 11.8 Å². The van der Waals surface area contributed by atoms with Gasteiger partial charge >= 0.3 is 12.0 Å². The number of hydrogen-bond donors (Lipinski definition) is 1. The molecule has 2 rings (SSSR count). The molecule has 5 nitrogen and oxygen atoms in total. The molecule has 2 amide bonds. The minimum Gasteiger partial charge on any atom is -0.480 e. The summed E-state index contributed by atoms with van der Waals surface area (Å²) in [6.07, 6.45) is 1.36. The summed E-state index contributed by atoms with van der Waals surface area (Å²) in [6, 6.07) is -0.733. The summed E-state index contributed by atoms with van der Waals surface area (Å²) in [5.74, 6) is 0.0381. The monoisotopic (exact) mass is 272 g/mol. The first-order valence-corrected chi connectivity index (χ1v) is 7.31. The van der Waals surface area contributed by atoms with Crippen molar-refractivity contribution in [2.24, 2.45) is 0 Å². The van der Waals surface area contributed by atoms with Crippen LogP contribution in [-0.4, -0.2) is 63.1 Å². The fourth-order valence-corrected chi connectivity index (χ4v) is 3.73. The number of carbonyl (C=O) groups is 2. The molecule has 2 aliphatic rings. The lowest BCUT2D eigenvalue weighted by molar-refractivity contribution is -0.141. The second-order valence-corrected chi connectivity index (χ2v) is 7.30. The molecule has 0 bridgehead atoms. The average Bonchev–Trinajstić information content (AvgIpc) is 2.75. The molecule has 2 heterocycles. The number of thioether (sulfide) groups is 1. The molecular formula is C12H20N2O3S. The van der Waals surface area contributed by atoms with Crippen LogP contribution in [-0.2, 0) is 4.79 Å². The zero-order valence-corrected chi connectivity index (χ0v) is 11.7. The van der Waals surface area contributed by atoms with Gasteiger partial charge in [-0.05, 0) is 26.7 Å². The molecule has 102 valence electrons. The summed E-state index contributed by atoms with van der Waals surface area (Å²) in [4.78, 5) is 26.8. The van der Waals surface area contributed by atoms with Crippen LogP contribution in [0.4, 0.5) is 4.79 Å². The van der Waals surface area contributed by atoms with E-state index in [1.165, 1.54) is 4.90 Å². The molecule has 0 aromatic carbocycles. The highest BCUT2D eigenvalue weighted by atomic mass is 32.2. The summed E-state index contributed by atoms with van der Waals surface area (Å²) in [5.41, 5.74) is 0. The minimum absolute atomic E-state index is 0.0619. The number of rotatable bonds is 1. The maximum absolute atomic E-state index is 12.4. The van der Waals surface area contributed by atoms with Crippen molar-refractivity contribution >= 4 is 23.8 Å². The second kappa shape index (κ2) is 4.99. The maximum Gasteiger partial charge on any atom is 0.326 e. The first kappa shape index (κ1) is 13.5. The zero-order chi connectivity index (χ0) is 13.3. The Morgan fingerprint density at radius 1 is 1.33 bits per heavy atom. The lowest BCUT2D eigenvalue weighted by atomic mass is 10.2. The summed E-state index contributed by atoms with van der Waals surface area (Å²) < 4.78 is 0.0619. The van der Waals surface area contributed by atoms with E-state index in [1.807, 2.05) is 11.8 Å². The number of carbonyl (C=O) groups excluding carboxylic acids is 1. The average molecular weight is 272 g/mol. The van der Waals surface area contributed by atoms with E-state index < -0.39 is 12.0 Å². The van der Waals surface area contributed by atoms with Gasteiger partial charge in [0.2, 0.25) is 0 Å². The van der Waals surface area contributed by atoms with Crippen LogP contribution in [0.1, 0.15) is 26.7 Å². The smallest absolute Gasteiger partial charge is 0.326 e. The number of aliphatic carboxylic acids is 1. The van der Waals surface area contributed by atoms with E-state index in [-0.39, 0.29) is 10.8 Å². The van der Waals surface area contributed by atoms with Crippen LogP contribution in [0, 0.1) is 0 Å². The molecule has 0 aliphatic carbocycles. The number of amides is 2. The van der Waals surface area contributed by atoms with Gasteiger partial charge in [0.1, 0.15) is 6.04 Å². The van der Waals surface area contributed by atoms with Gasteiger partial charge in [0, 0.05) is 30.1 Å². The Kier molecular flexibility index (Phi) is 3.75. The van der Waals surface area contributed by atoms with E-state index in [4.69, 9.17) is 5.11 Å². The van der Waals surface area contributed by atoms with Gasteiger partial charge in [-0.2, -0.15) is 11.8 Å². The van der Waals surface area contributed by atoms with E-state index in [2.05, 4.69) is 13.8 Å². The molecule has 0 aromatic rings. The Balaban J connectivity index is 2.04. The summed E-state index contributed by atoms with van der Waals surface area (Å²) in [6.45, 7) is 6.22. The Bertz CT molecular complexity index is 359. The number of carboxylic acid groups (broad SMARTS) is 1. The van der Waals surface area contributed by atoms with E-state index in [9.17, 15) is 9.59 Å². The highest BCUT2D eigenvalue weighted by molar-refractivity contribution is 8.00. The maximum atomic E-state index is 12.4. The van der Waals surface area contributed by atoms with E-state index >= 15 is 0 Å². The van der Waals surface area contributed by atoms with Gasteiger partial charge < -0.3 is 14.9 Å². The van der Waals surface area contributed by atoms with E-state index in [0.717, 1.165) is 18.7 Å². The van der Waals surface area contributed by atoms with E-state index in [1.54, 1.807) is 4.90 Å². The topological polar surface area (TPSA) is 60.9 Å². The second-order valence-electron chi connectivity index (χ2n) is 5.50. The quantitative estimate of drug-likeness (QED) is 0.785. The van der Waals surface area contributed by atoms with Crippen LogP contribution in [0.2, 0.25) is 0 Å². The number of carboxylic acids is 1. The van der Waals surface area contributed by atoms with Gasteiger partial charge in [-0.25, -0.2) is 9.59 Å². The first-order chi connectivity index (χ1) is 8.41. The van der Waals surface area contributed by atoms with Gasteiger partial charge in [0.15, 0.2) is 0 Å². The van der Waals surface area contributed by atoms with Crippen LogP contribution in [0.5, 0.6) is 0 Å². The molecule has 6 heteroatoms. The van der Waals surface area contributed by atoms with Gasteiger partial charge in [-0.1, -0.05) is 0 Å². The lowest BCUT2D eigenvalue weighted by Crippen LogP contribution is -2.53. The molecule has 0 saturated carbocycles. The predicted molar refractivity (Wildman–Crippen MR) is 70.9 cm³/mol. The molecule has 0 aromatic heterocycles. The van der Waals surface area contributed by atoms with Crippen molar-refractivity contribution in [3.63, 3.8) is 0 Å². The highest BCUT2D eigenvalue weighted by Crippen LogP contribution is 2.31. The van der Waals surface area contributed by atoms with Crippen molar-refractivity contribution in [1.82, 2.24) is 9.80 Å². The number of likely N-dealkylation sites (tertiary alicyclic amines) is 1. The lowest BCUT2D eigenvalue weighted by Gasteiger charge is -2.39. The van der Waals surface area contributed by atoms with Crippen LogP contribution in [0.3, 0.4) is 0 Å². The van der Waals surface area contributed by atoms with Gasteiger partial charge in [0.05, 0.1) is 0 Å². The van der Waals surface area contributed by atoms with Crippen molar-refractivity contribution in [2.45, 2.75) is 37.5 Å². The van der Waals surface area contributed by atoms with Gasteiger partial charge in [-0.3, -0.25) is 0 Å². The number of hydrogen-bond acceptors (Lipinski definition) is 3. The Hall–Kier alpha value is -0.910. The fraction of sp³-hybridized carbons (Fsp3) is 0.833. The summed E-state index contributed by atoms with van der Waals surface area (Å²) >= 11 is 1.86. The summed E-state index contributed by atoms with van der Waals surface area (Å²) in [5, 5.41) is 9.12. The molecule has 1 atom stereocenters. The predicted octanol–water partition coefficient (Wildman–Crippen LogP) is 1.48. The summed E-state index contributed by atoms with van der Waals surface area (Å²) in [7, 11) is 0. The van der Waals surface area contributed by atoms with Crippen LogP contribution < -0.4 is 0 Å². The standard InChI is InChI=1S/C12H20N2O3S/c1-12(2)8-13(6-7-18-12)11(17)14-5-3-4-9(14)10(15)16/h9H,3-8H2,1-2H3,(H,15,16)/t9-/m0/s1. The van der Waals surface area contributed by atoms with Crippen LogP contribution in [0.25, 0.3) is 0 Å². The van der Waals surface area contributed by atoms with Crippen molar-refractivity contribution in [3.05, 3.63) is 0 Å². The Morgan fingerprint density at radius 3 is 2.67 bits per heavy atom. The fourth-order valence-electron chi connectivity index (χ4n) is 2.61. The van der Waals surface area contributed by atoms with Gasteiger partial charge in [0.25, 0.3) is 0 Å². The molecule has 2 saturated heterocycles. The molecule has 0 unspecified atom stereocenters. The largest absolute Gasteiger partial charge is 0.480 e. The molecule has 0 spiro atoms. The van der Waals surface area contributed by atoms with Crippen molar-refractivity contribution in [2.75, 3.05) is 25.4 Å². The number of urea groups is 1. The third-order valence-corrected chi connectivity index (χ3v) is 4.78. The molecule has 1 N–H and O–H groups in total. The highest BCUT2D eigenvalue weighted by Gasteiger charge is 2.38.